The molecular formula is C25H31FN4O4S. The van der Waals surface area contributed by atoms with E-state index in [4.69, 9.17) is 5.21 Å². The largest absolute Gasteiger partial charge is 0.369 e. The summed E-state index contributed by atoms with van der Waals surface area (Å²) in [6, 6.07) is 13.8. The Bertz CT molecular complexity index is 1150. The van der Waals surface area contributed by atoms with Gasteiger partial charge in [-0.1, -0.05) is 43.9 Å². The molecule has 2 aromatic carbocycles. The number of carbonyl (C=O) groups excluding carboxylic acids is 1. The molecule has 0 spiro atoms. The van der Waals surface area contributed by atoms with Gasteiger partial charge in [0.05, 0.1) is 11.8 Å². The smallest absolute Gasteiger partial charge is 0.338 e. The van der Waals surface area contributed by atoms with Crippen LogP contribution in [0.4, 0.5) is 14.9 Å². The van der Waals surface area contributed by atoms with Crippen LogP contribution >= 0.6 is 0 Å². The fraction of sp³-hybridized carbons (Fsp3) is 0.400. The molecule has 35 heavy (non-hydrogen) atoms. The van der Waals surface area contributed by atoms with Gasteiger partial charge < -0.3 is 10.2 Å². The van der Waals surface area contributed by atoms with Crippen molar-refractivity contribution in [3.8, 4) is 11.8 Å². The molecule has 188 valence electrons. The monoisotopic (exact) mass is 502 g/mol. The molecule has 0 radical (unpaired) electrons. The highest BCUT2D eigenvalue weighted by molar-refractivity contribution is 7.89. The maximum atomic E-state index is 13.3. The van der Waals surface area contributed by atoms with Gasteiger partial charge >= 0.3 is 6.03 Å². The zero-order chi connectivity index (χ0) is 25.5. The summed E-state index contributed by atoms with van der Waals surface area (Å²) in [4.78, 5) is 13.9. The number of hydrogen-bond acceptors (Lipinski definition) is 5. The number of anilines is 1. The van der Waals surface area contributed by atoms with Gasteiger partial charge in [0.25, 0.3) is 0 Å². The molecule has 1 unspecified atom stereocenters. The van der Waals surface area contributed by atoms with Crippen molar-refractivity contribution in [3.05, 3.63) is 66.0 Å². The lowest BCUT2D eigenvalue weighted by Gasteiger charge is -2.38. The first-order chi connectivity index (χ1) is 16.6. The molecule has 2 aromatic rings. The number of hydroxylamine groups is 1. The fourth-order valence-corrected chi connectivity index (χ4v) is 5.75. The lowest BCUT2D eigenvalue weighted by molar-refractivity contribution is 0.151. The zero-order valence-electron chi connectivity index (χ0n) is 19.9. The third-order valence-electron chi connectivity index (χ3n) is 6.10. The minimum atomic E-state index is -3.73. The molecule has 8 nitrogen and oxygen atoms in total. The summed E-state index contributed by atoms with van der Waals surface area (Å²) >= 11 is 0. The van der Waals surface area contributed by atoms with E-state index < -0.39 is 27.5 Å². The summed E-state index contributed by atoms with van der Waals surface area (Å²) in [7, 11) is -3.73. The summed E-state index contributed by atoms with van der Waals surface area (Å²) < 4.78 is 41.2. The Labute approximate surface area is 206 Å². The molecule has 0 bridgehead atoms. The van der Waals surface area contributed by atoms with Gasteiger partial charge in [-0.05, 0) is 41.8 Å². The summed E-state index contributed by atoms with van der Waals surface area (Å²) in [5.74, 6) is 5.48. The van der Waals surface area contributed by atoms with Gasteiger partial charge in [-0.15, -0.1) is 0 Å². The van der Waals surface area contributed by atoms with Crippen molar-refractivity contribution in [2.75, 3.05) is 36.8 Å². The van der Waals surface area contributed by atoms with Crippen LogP contribution in [-0.2, 0) is 10.0 Å². The normalized spacial score (nSPS) is 15.6. The highest BCUT2D eigenvalue weighted by Gasteiger charge is 2.37. The SMILES string of the molecule is CC(C)(CC#Cc1ccccc1)C(CS(=O)(=O)N1CCN(c2ccc(F)cc2)CC1)NC(=O)NO. The minimum Gasteiger partial charge on any atom is -0.369 e. The predicted molar refractivity (Wildman–Crippen MR) is 133 cm³/mol. The van der Waals surface area contributed by atoms with Crippen LogP contribution in [0.2, 0.25) is 0 Å². The van der Waals surface area contributed by atoms with E-state index in [1.807, 2.05) is 49.1 Å². The molecule has 3 N–H and O–H groups in total. The van der Waals surface area contributed by atoms with Gasteiger partial charge in [-0.2, -0.15) is 4.31 Å². The van der Waals surface area contributed by atoms with Crippen molar-refractivity contribution in [2.24, 2.45) is 5.41 Å². The minimum absolute atomic E-state index is 0.271. The van der Waals surface area contributed by atoms with Crippen LogP contribution in [0.1, 0.15) is 25.8 Å². The predicted octanol–water partition coefficient (Wildman–Crippen LogP) is 2.80. The topological polar surface area (TPSA) is 102 Å². The van der Waals surface area contributed by atoms with E-state index in [0.717, 1.165) is 11.3 Å². The van der Waals surface area contributed by atoms with Crippen molar-refractivity contribution in [3.63, 3.8) is 0 Å². The highest BCUT2D eigenvalue weighted by Crippen LogP contribution is 2.27. The second kappa shape index (κ2) is 11.5. The third-order valence-corrected chi connectivity index (χ3v) is 8.01. The number of hydrogen-bond donors (Lipinski definition) is 3. The van der Waals surface area contributed by atoms with Crippen LogP contribution in [0.3, 0.4) is 0 Å². The molecule has 2 amide bonds. The maximum absolute atomic E-state index is 13.3. The first-order valence-corrected chi connectivity index (χ1v) is 12.9. The number of rotatable bonds is 7. The summed E-state index contributed by atoms with van der Waals surface area (Å²) in [5.41, 5.74) is 2.48. The van der Waals surface area contributed by atoms with Crippen molar-refractivity contribution >= 4 is 21.7 Å². The summed E-state index contributed by atoms with van der Waals surface area (Å²) in [6.07, 6.45) is 0.326. The average Bonchev–Trinajstić information content (AvgIpc) is 2.84. The van der Waals surface area contributed by atoms with Crippen LogP contribution in [0.5, 0.6) is 0 Å². The quantitative estimate of drug-likeness (QED) is 0.307. The molecule has 0 aromatic heterocycles. The Hall–Kier alpha value is -3.13. The van der Waals surface area contributed by atoms with Gasteiger partial charge in [0.15, 0.2) is 0 Å². The molecule has 3 rings (SSSR count). The number of piperazine rings is 1. The van der Waals surface area contributed by atoms with E-state index in [-0.39, 0.29) is 24.7 Å². The Kier molecular flexibility index (Phi) is 8.72. The lowest BCUT2D eigenvalue weighted by Crippen LogP contribution is -2.55. The van der Waals surface area contributed by atoms with Crippen molar-refractivity contribution in [2.45, 2.75) is 26.3 Å². The molecule has 1 aliphatic rings. The molecule has 1 saturated heterocycles. The molecule has 1 atom stereocenters. The van der Waals surface area contributed by atoms with Crippen molar-refractivity contribution in [1.29, 1.82) is 0 Å². The Balaban J connectivity index is 1.68. The standard InChI is InChI=1S/C25H31FN4O4S/c1-25(2,14-6-9-20-7-4-3-5-8-20)23(27-24(31)28-32)19-35(33,34)30-17-15-29(16-18-30)22-12-10-21(26)11-13-22/h3-5,7-8,10-13,23,32H,14-19H2,1-2H3,(H2,27,28,31). The van der Waals surface area contributed by atoms with Gasteiger partial charge in [0, 0.05) is 43.9 Å². The van der Waals surface area contributed by atoms with Gasteiger partial charge in [-0.25, -0.2) is 23.1 Å². The van der Waals surface area contributed by atoms with E-state index in [9.17, 15) is 17.6 Å². The van der Waals surface area contributed by atoms with Crippen LogP contribution in [-0.4, -0.2) is 61.9 Å². The fourth-order valence-electron chi connectivity index (χ4n) is 3.86. The lowest BCUT2D eigenvalue weighted by atomic mass is 9.82. The molecule has 1 heterocycles. The Morgan fingerprint density at radius 1 is 1.09 bits per heavy atom. The molecule has 0 aliphatic carbocycles. The van der Waals surface area contributed by atoms with Gasteiger partial charge in [0.1, 0.15) is 5.82 Å². The van der Waals surface area contributed by atoms with Crippen LogP contribution in [0, 0.1) is 23.1 Å². The third kappa shape index (κ3) is 7.42. The first-order valence-electron chi connectivity index (χ1n) is 11.3. The van der Waals surface area contributed by atoms with Gasteiger partial charge in [-0.3, -0.25) is 5.21 Å². The highest BCUT2D eigenvalue weighted by atomic mass is 32.2. The number of amides is 2. The maximum Gasteiger partial charge on any atom is 0.338 e. The van der Waals surface area contributed by atoms with E-state index >= 15 is 0 Å². The van der Waals surface area contributed by atoms with Gasteiger partial charge in [0.2, 0.25) is 10.0 Å². The number of halogens is 1. The number of sulfonamides is 1. The second-order valence-electron chi connectivity index (χ2n) is 9.11. The van der Waals surface area contributed by atoms with Crippen LogP contribution in [0.15, 0.2) is 54.6 Å². The molecule has 1 aliphatic heterocycles. The molecular weight excluding hydrogens is 471 g/mol. The average molecular weight is 503 g/mol. The van der Waals surface area contributed by atoms with Crippen molar-refractivity contribution < 1.29 is 22.8 Å². The molecule has 10 heteroatoms. The molecule has 1 fully saturated rings. The Morgan fingerprint density at radius 3 is 2.31 bits per heavy atom. The summed E-state index contributed by atoms with van der Waals surface area (Å²) in [5, 5.41) is 11.6. The summed E-state index contributed by atoms with van der Waals surface area (Å²) in [6.45, 7) is 5.13. The zero-order valence-corrected chi connectivity index (χ0v) is 20.7. The van der Waals surface area contributed by atoms with E-state index in [0.29, 0.717) is 19.5 Å². The van der Waals surface area contributed by atoms with E-state index in [2.05, 4.69) is 17.2 Å². The Morgan fingerprint density at radius 2 is 1.71 bits per heavy atom. The van der Waals surface area contributed by atoms with E-state index in [1.165, 1.54) is 21.9 Å². The number of urea groups is 1. The number of carbonyl (C=O) groups is 1. The number of nitrogens with zero attached hydrogens (tertiary/aromatic N) is 2. The van der Waals surface area contributed by atoms with Crippen LogP contribution in [0.25, 0.3) is 0 Å². The molecule has 0 saturated carbocycles. The first kappa shape index (κ1) is 26.5. The second-order valence-corrected chi connectivity index (χ2v) is 11.1. The van der Waals surface area contributed by atoms with Crippen LogP contribution < -0.4 is 15.7 Å². The van der Waals surface area contributed by atoms with Crippen molar-refractivity contribution in [1.82, 2.24) is 15.1 Å². The van der Waals surface area contributed by atoms with E-state index in [1.54, 1.807) is 12.1 Å². The number of nitrogens with one attached hydrogen (secondary N) is 2. The number of benzene rings is 2.